The monoisotopic (exact) mass is 362 g/mol. The number of nitrogens with zero attached hydrogens (tertiary/aromatic N) is 3. The van der Waals surface area contributed by atoms with Crippen molar-refractivity contribution in [2.24, 2.45) is 0 Å². The first-order valence-corrected chi connectivity index (χ1v) is 8.49. The topological polar surface area (TPSA) is 77.6 Å². The number of anilines is 1. The molecule has 0 unspecified atom stereocenters. The molecule has 0 aliphatic heterocycles. The number of methoxy groups -OCH3 is 1. The van der Waals surface area contributed by atoms with Crippen LogP contribution >= 0.6 is 0 Å². The number of carbonyl (C=O) groups excluding carboxylic acids is 1. The number of ether oxygens (including phenoxy) is 1. The van der Waals surface area contributed by atoms with E-state index in [-0.39, 0.29) is 18.0 Å². The number of aryl methyl sites for hydroxylation is 1. The van der Waals surface area contributed by atoms with Gasteiger partial charge in [0.05, 0.1) is 29.4 Å². The predicted molar refractivity (Wildman–Crippen MR) is 103 cm³/mol. The standard InChI is InChI=1S/C20H18N4O3/c1-13-11-19-23(12-18(25)21-15-8-4-6-10-17(15)27-2)20(26)14-7-3-5-9-16(14)24(19)22-13/h3-11H,12H2,1-2H3,(H,21,25). The van der Waals surface area contributed by atoms with Crippen LogP contribution < -0.4 is 15.6 Å². The molecule has 0 fully saturated rings. The Kier molecular flexibility index (Phi) is 4.12. The van der Waals surface area contributed by atoms with Gasteiger partial charge in [-0.15, -0.1) is 0 Å². The number of nitrogens with one attached hydrogen (secondary N) is 1. The third-order valence-electron chi connectivity index (χ3n) is 4.38. The number of benzene rings is 2. The van der Waals surface area contributed by atoms with Gasteiger partial charge in [-0.1, -0.05) is 24.3 Å². The lowest BCUT2D eigenvalue weighted by Gasteiger charge is -2.12. The van der Waals surface area contributed by atoms with E-state index in [1.54, 1.807) is 40.9 Å². The Balaban J connectivity index is 1.78. The summed E-state index contributed by atoms with van der Waals surface area (Å²) in [4.78, 5) is 25.6. The molecule has 2 heterocycles. The van der Waals surface area contributed by atoms with Crippen LogP contribution in [-0.4, -0.2) is 27.2 Å². The average Bonchev–Trinajstić information content (AvgIpc) is 3.07. The van der Waals surface area contributed by atoms with Gasteiger partial charge in [-0.2, -0.15) is 5.10 Å². The lowest BCUT2D eigenvalue weighted by Crippen LogP contribution is -2.29. The van der Waals surface area contributed by atoms with Crippen LogP contribution in [0.15, 0.2) is 59.4 Å². The summed E-state index contributed by atoms with van der Waals surface area (Å²) in [6.07, 6.45) is 0. The quantitative estimate of drug-likeness (QED) is 0.605. The summed E-state index contributed by atoms with van der Waals surface area (Å²) in [6, 6.07) is 16.2. The van der Waals surface area contributed by atoms with E-state index in [2.05, 4.69) is 10.4 Å². The highest BCUT2D eigenvalue weighted by atomic mass is 16.5. The Hall–Kier alpha value is -3.61. The average molecular weight is 362 g/mol. The molecule has 0 bridgehead atoms. The van der Waals surface area contributed by atoms with Gasteiger partial charge in [-0.3, -0.25) is 14.2 Å². The van der Waals surface area contributed by atoms with Gasteiger partial charge in [-0.25, -0.2) is 4.52 Å². The van der Waals surface area contributed by atoms with Crippen LogP contribution in [0.5, 0.6) is 5.75 Å². The molecule has 0 saturated carbocycles. The van der Waals surface area contributed by atoms with Crippen LogP contribution in [0.4, 0.5) is 5.69 Å². The first-order chi connectivity index (χ1) is 13.1. The van der Waals surface area contributed by atoms with Crippen molar-refractivity contribution in [3.8, 4) is 5.75 Å². The summed E-state index contributed by atoms with van der Waals surface area (Å²) in [5.74, 6) is 0.236. The van der Waals surface area contributed by atoms with E-state index in [0.29, 0.717) is 28.0 Å². The number of para-hydroxylation sites is 3. The molecule has 136 valence electrons. The summed E-state index contributed by atoms with van der Waals surface area (Å²) >= 11 is 0. The number of hydrogen-bond acceptors (Lipinski definition) is 4. The minimum Gasteiger partial charge on any atom is -0.495 e. The molecular formula is C20H18N4O3. The van der Waals surface area contributed by atoms with Gasteiger partial charge in [0, 0.05) is 6.07 Å². The molecule has 7 nitrogen and oxygen atoms in total. The summed E-state index contributed by atoms with van der Waals surface area (Å²) in [5.41, 5.74) is 2.38. The highest BCUT2D eigenvalue weighted by Crippen LogP contribution is 2.23. The minimum absolute atomic E-state index is 0.129. The molecule has 0 radical (unpaired) electrons. The molecule has 1 amide bonds. The molecule has 2 aromatic carbocycles. The van der Waals surface area contributed by atoms with Crippen LogP contribution in [0.2, 0.25) is 0 Å². The zero-order valence-electron chi connectivity index (χ0n) is 15.0. The summed E-state index contributed by atoms with van der Waals surface area (Å²) in [6.45, 7) is 1.72. The smallest absolute Gasteiger partial charge is 0.262 e. The van der Waals surface area contributed by atoms with E-state index in [0.717, 1.165) is 5.69 Å². The molecule has 0 aliphatic rings. The second-order valence-corrected chi connectivity index (χ2v) is 6.21. The van der Waals surface area contributed by atoms with Crippen molar-refractivity contribution in [1.29, 1.82) is 0 Å². The summed E-state index contributed by atoms with van der Waals surface area (Å²) < 4.78 is 8.39. The molecule has 27 heavy (non-hydrogen) atoms. The Morgan fingerprint density at radius 2 is 1.89 bits per heavy atom. The van der Waals surface area contributed by atoms with Gasteiger partial charge >= 0.3 is 0 Å². The predicted octanol–water partition coefficient (Wildman–Crippen LogP) is 2.60. The van der Waals surface area contributed by atoms with Crippen molar-refractivity contribution >= 4 is 28.1 Å². The Bertz CT molecular complexity index is 1220. The van der Waals surface area contributed by atoms with Crippen LogP contribution in [0.1, 0.15) is 5.69 Å². The van der Waals surface area contributed by atoms with Gasteiger partial charge in [0.1, 0.15) is 17.9 Å². The maximum absolute atomic E-state index is 13.0. The highest BCUT2D eigenvalue weighted by Gasteiger charge is 2.15. The summed E-state index contributed by atoms with van der Waals surface area (Å²) in [5, 5.41) is 7.78. The summed E-state index contributed by atoms with van der Waals surface area (Å²) in [7, 11) is 1.54. The number of fused-ring (bicyclic) bond motifs is 3. The third kappa shape index (κ3) is 2.93. The Morgan fingerprint density at radius 3 is 2.70 bits per heavy atom. The van der Waals surface area contributed by atoms with Crippen molar-refractivity contribution in [3.05, 3.63) is 70.6 Å². The fourth-order valence-electron chi connectivity index (χ4n) is 3.18. The first kappa shape index (κ1) is 16.8. The second-order valence-electron chi connectivity index (χ2n) is 6.21. The molecule has 4 rings (SSSR count). The van der Waals surface area contributed by atoms with Gasteiger partial charge in [0.15, 0.2) is 0 Å². The number of hydrogen-bond donors (Lipinski definition) is 1. The Labute approximate surface area is 154 Å². The molecule has 0 atom stereocenters. The van der Waals surface area contributed by atoms with Crippen molar-refractivity contribution in [1.82, 2.24) is 14.2 Å². The van der Waals surface area contributed by atoms with Crippen molar-refractivity contribution < 1.29 is 9.53 Å². The van der Waals surface area contributed by atoms with E-state index in [1.165, 1.54) is 11.7 Å². The largest absolute Gasteiger partial charge is 0.495 e. The van der Waals surface area contributed by atoms with Crippen LogP contribution in [0.25, 0.3) is 16.6 Å². The number of aromatic nitrogens is 3. The molecule has 2 aromatic heterocycles. The van der Waals surface area contributed by atoms with Crippen LogP contribution in [0.3, 0.4) is 0 Å². The first-order valence-electron chi connectivity index (χ1n) is 8.49. The highest BCUT2D eigenvalue weighted by molar-refractivity contribution is 5.92. The second kappa shape index (κ2) is 6.60. The molecule has 0 saturated heterocycles. The van der Waals surface area contributed by atoms with Crippen molar-refractivity contribution in [2.45, 2.75) is 13.5 Å². The van der Waals surface area contributed by atoms with E-state index >= 15 is 0 Å². The van der Waals surface area contributed by atoms with E-state index < -0.39 is 0 Å². The van der Waals surface area contributed by atoms with E-state index in [9.17, 15) is 9.59 Å². The molecular weight excluding hydrogens is 344 g/mol. The normalized spacial score (nSPS) is 11.0. The van der Waals surface area contributed by atoms with E-state index in [1.807, 2.05) is 25.1 Å². The van der Waals surface area contributed by atoms with Crippen LogP contribution in [0, 0.1) is 6.92 Å². The van der Waals surface area contributed by atoms with Gasteiger partial charge in [0.25, 0.3) is 5.56 Å². The fraction of sp³-hybridized carbons (Fsp3) is 0.150. The lowest BCUT2D eigenvalue weighted by atomic mass is 10.2. The molecule has 1 N–H and O–H groups in total. The number of carbonyl (C=O) groups is 1. The SMILES string of the molecule is COc1ccccc1NC(=O)Cn1c(=O)c2ccccc2n2nc(C)cc12. The molecule has 7 heteroatoms. The van der Waals surface area contributed by atoms with E-state index in [4.69, 9.17) is 4.74 Å². The van der Waals surface area contributed by atoms with Crippen LogP contribution in [-0.2, 0) is 11.3 Å². The lowest BCUT2D eigenvalue weighted by molar-refractivity contribution is -0.116. The molecule has 0 aliphatic carbocycles. The van der Waals surface area contributed by atoms with Gasteiger partial charge in [0.2, 0.25) is 5.91 Å². The zero-order chi connectivity index (χ0) is 19.0. The maximum atomic E-state index is 13.0. The van der Waals surface area contributed by atoms with Crippen molar-refractivity contribution in [2.75, 3.05) is 12.4 Å². The zero-order valence-corrected chi connectivity index (χ0v) is 15.0. The maximum Gasteiger partial charge on any atom is 0.262 e. The van der Waals surface area contributed by atoms with Crippen molar-refractivity contribution in [3.63, 3.8) is 0 Å². The number of rotatable bonds is 4. The van der Waals surface area contributed by atoms with Gasteiger partial charge in [-0.05, 0) is 31.2 Å². The third-order valence-corrected chi connectivity index (χ3v) is 4.38. The van der Waals surface area contributed by atoms with Gasteiger partial charge < -0.3 is 10.1 Å². The molecule has 4 aromatic rings. The Morgan fingerprint density at radius 1 is 1.15 bits per heavy atom. The molecule has 0 spiro atoms. The fourth-order valence-corrected chi connectivity index (χ4v) is 3.18. The minimum atomic E-state index is -0.322. The number of amides is 1.